The second-order valence-electron chi connectivity index (χ2n) is 8.63. The van der Waals surface area contributed by atoms with Gasteiger partial charge in [-0.25, -0.2) is 4.39 Å². The molecule has 1 aliphatic heterocycles. The molecular weight excluding hydrogens is 451 g/mol. The molecule has 1 fully saturated rings. The number of piperidine rings is 1. The maximum Gasteiger partial charge on any atom is 0.306 e. The Morgan fingerprint density at radius 2 is 1.86 bits per heavy atom. The highest BCUT2D eigenvalue weighted by Gasteiger charge is 2.31. The number of carbonyl (C=O) groups is 2. The molecule has 35 heavy (non-hydrogen) atoms. The lowest BCUT2D eigenvalue weighted by molar-refractivity contribution is -0.144. The van der Waals surface area contributed by atoms with Gasteiger partial charge in [0.15, 0.2) is 0 Å². The molecular formula is C26H29FN4O4. The first-order valence-electron chi connectivity index (χ1n) is 11.9. The van der Waals surface area contributed by atoms with Gasteiger partial charge in [-0.2, -0.15) is 4.98 Å². The summed E-state index contributed by atoms with van der Waals surface area (Å²) in [6.07, 6.45) is 5.75. The quantitative estimate of drug-likeness (QED) is 0.424. The van der Waals surface area contributed by atoms with Crippen LogP contribution in [0.4, 0.5) is 4.39 Å². The van der Waals surface area contributed by atoms with Gasteiger partial charge in [0.05, 0.1) is 13.0 Å². The van der Waals surface area contributed by atoms with Gasteiger partial charge in [0.2, 0.25) is 17.6 Å². The van der Waals surface area contributed by atoms with E-state index in [0.29, 0.717) is 37.8 Å². The number of benzene rings is 1. The van der Waals surface area contributed by atoms with Crippen LogP contribution in [-0.2, 0) is 20.7 Å². The van der Waals surface area contributed by atoms with Crippen LogP contribution in [0, 0.1) is 11.7 Å². The standard InChI is InChI=1S/C26H29FN4O4/c1-2-34-25(33)17-22(18-3-5-21(27)6-4-18)19-11-15-31(16-12-19)24(32)8-7-23-29-26(30-35-23)20-9-13-28-14-10-20/h3-6,9-10,13-14,19,22H,2,7-8,11-12,15-17H2,1H3/t22-/m0/s1. The van der Waals surface area contributed by atoms with Crippen molar-refractivity contribution in [3.05, 3.63) is 66.1 Å². The van der Waals surface area contributed by atoms with Crippen molar-refractivity contribution >= 4 is 11.9 Å². The average molecular weight is 481 g/mol. The molecule has 2 aromatic heterocycles. The van der Waals surface area contributed by atoms with Crippen LogP contribution in [0.2, 0.25) is 0 Å². The number of esters is 1. The highest BCUT2D eigenvalue weighted by atomic mass is 19.1. The molecule has 0 saturated carbocycles. The normalized spacial score (nSPS) is 15.1. The number of nitrogens with zero attached hydrogens (tertiary/aromatic N) is 4. The molecule has 8 nitrogen and oxygen atoms in total. The lowest BCUT2D eigenvalue weighted by atomic mass is 9.78. The van der Waals surface area contributed by atoms with Gasteiger partial charge >= 0.3 is 5.97 Å². The molecule has 1 aromatic carbocycles. The molecule has 0 unspecified atom stereocenters. The Labute approximate surface area is 203 Å². The topological polar surface area (TPSA) is 98.4 Å². The van der Waals surface area contributed by atoms with E-state index in [1.807, 2.05) is 4.90 Å². The number of likely N-dealkylation sites (tertiary alicyclic amines) is 1. The molecule has 0 radical (unpaired) electrons. The van der Waals surface area contributed by atoms with E-state index in [9.17, 15) is 14.0 Å². The predicted molar refractivity (Wildman–Crippen MR) is 126 cm³/mol. The summed E-state index contributed by atoms with van der Waals surface area (Å²) in [6.45, 7) is 3.32. The number of aromatic nitrogens is 3. The van der Waals surface area contributed by atoms with Crippen LogP contribution in [-0.4, -0.2) is 51.6 Å². The maximum absolute atomic E-state index is 13.4. The molecule has 0 aliphatic carbocycles. The average Bonchev–Trinajstić information content (AvgIpc) is 3.36. The third kappa shape index (κ3) is 6.49. The molecule has 3 aromatic rings. The smallest absolute Gasteiger partial charge is 0.306 e. The summed E-state index contributed by atoms with van der Waals surface area (Å²) < 4.78 is 23.9. The molecule has 3 heterocycles. The summed E-state index contributed by atoms with van der Waals surface area (Å²) in [5.74, 6) is 0.500. The Balaban J connectivity index is 1.31. The van der Waals surface area contributed by atoms with Crippen LogP contribution in [0.1, 0.15) is 50.0 Å². The fourth-order valence-electron chi connectivity index (χ4n) is 4.56. The highest BCUT2D eigenvalue weighted by molar-refractivity contribution is 5.76. The summed E-state index contributed by atoms with van der Waals surface area (Å²) in [4.78, 5) is 35.2. The Morgan fingerprint density at radius 1 is 1.14 bits per heavy atom. The number of carbonyl (C=O) groups excluding carboxylic acids is 2. The van der Waals surface area contributed by atoms with Crippen molar-refractivity contribution in [1.82, 2.24) is 20.0 Å². The fourth-order valence-corrected chi connectivity index (χ4v) is 4.56. The van der Waals surface area contributed by atoms with Crippen molar-refractivity contribution in [2.45, 2.75) is 44.9 Å². The van der Waals surface area contributed by atoms with E-state index in [1.165, 1.54) is 12.1 Å². The molecule has 0 bridgehead atoms. The van der Waals surface area contributed by atoms with Gasteiger partial charge in [-0.15, -0.1) is 0 Å². The molecule has 1 saturated heterocycles. The minimum Gasteiger partial charge on any atom is -0.466 e. The number of aryl methyl sites for hydroxylation is 1. The molecule has 0 spiro atoms. The highest BCUT2D eigenvalue weighted by Crippen LogP contribution is 2.36. The van der Waals surface area contributed by atoms with Crippen molar-refractivity contribution in [2.75, 3.05) is 19.7 Å². The number of halogens is 1. The van der Waals surface area contributed by atoms with Gasteiger partial charge in [-0.1, -0.05) is 17.3 Å². The molecule has 4 rings (SSSR count). The number of hydrogen-bond acceptors (Lipinski definition) is 7. The van der Waals surface area contributed by atoms with Crippen molar-refractivity contribution in [3.63, 3.8) is 0 Å². The van der Waals surface area contributed by atoms with Crippen molar-refractivity contribution in [1.29, 1.82) is 0 Å². The zero-order valence-electron chi connectivity index (χ0n) is 19.7. The molecule has 1 atom stereocenters. The molecule has 1 amide bonds. The summed E-state index contributed by atoms with van der Waals surface area (Å²) in [7, 11) is 0. The summed E-state index contributed by atoms with van der Waals surface area (Å²) >= 11 is 0. The lowest BCUT2D eigenvalue weighted by Gasteiger charge is -2.36. The first kappa shape index (κ1) is 24.5. The third-order valence-electron chi connectivity index (χ3n) is 6.41. The first-order chi connectivity index (χ1) is 17.0. The molecule has 9 heteroatoms. The Hall–Kier alpha value is -3.62. The third-order valence-corrected chi connectivity index (χ3v) is 6.41. The van der Waals surface area contributed by atoms with E-state index in [4.69, 9.17) is 9.26 Å². The van der Waals surface area contributed by atoms with Crippen LogP contribution in [0.3, 0.4) is 0 Å². The van der Waals surface area contributed by atoms with E-state index in [0.717, 1.165) is 24.0 Å². The van der Waals surface area contributed by atoms with E-state index >= 15 is 0 Å². The van der Waals surface area contributed by atoms with Crippen molar-refractivity contribution < 1.29 is 23.2 Å². The second-order valence-corrected chi connectivity index (χ2v) is 8.63. The fraction of sp³-hybridized carbons (Fsp3) is 0.423. The van der Waals surface area contributed by atoms with Crippen molar-refractivity contribution in [3.8, 4) is 11.4 Å². The maximum atomic E-state index is 13.4. The summed E-state index contributed by atoms with van der Waals surface area (Å²) in [5, 5.41) is 3.98. The van der Waals surface area contributed by atoms with Crippen LogP contribution in [0.25, 0.3) is 11.4 Å². The van der Waals surface area contributed by atoms with Crippen LogP contribution in [0.15, 0.2) is 53.3 Å². The van der Waals surface area contributed by atoms with Crippen molar-refractivity contribution in [2.24, 2.45) is 5.92 Å². The summed E-state index contributed by atoms with van der Waals surface area (Å²) in [6, 6.07) is 9.91. The minimum atomic E-state index is -0.307. The Kier molecular flexibility index (Phi) is 8.18. The number of rotatable bonds is 9. The predicted octanol–water partition coefficient (Wildman–Crippen LogP) is 4.18. The SMILES string of the molecule is CCOC(=O)C[C@@H](c1ccc(F)cc1)C1CCN(C(=O)CCc2nc(-c3ccncc3)no2)CC1. The van der Waals surface area contributed by atoms with Gasteiger partial charge in [-0.05, 0) is 61.4 Å². The van der Waals surface area contributed by atoms with Gasteiger partial charge in [-0.3, -0.25) is 14.6 Å². The van der Waals surface area contributed by atoms with Gasteiger partial charge in [0.25, 0.3) is 0 Å². The minimum absolute atomic E-state index is 0.0378. The van der Waals surface area contributed by atoms with E-state index < -0.39 is 0 Å². The number of amides is 1. The molecule has 0 N–H and O–H groups in total. The van der Waals surface area contributed by atoms with E-state index in [-0.39, 0.29) is 42.4 Å². The zero-order chi connectivity index (χ0) is 24.6. The number of hydrogen-bond donors (Lipinski definition) is 0. The largest absolute Gasteiger partial charge is 0.466 e. The zero-order valence-corrected chi connectivity index (χ0v) is 19.7. The number of ether oxygens (including phenoxy) is 1. The van der Waals surface area contributed by atoms with Gasteiger partial charge < -0.3 is 14.2 Å². The van der Waals surface area contributed by atoms with Crippen LogP contribution < -0.4 is 0 Å². The molecule has 1 aliphatic rings. The van der Waals surface area contributed by atoms with E-state index in [1.54, 1.807) is 43.6 Å². The Bertz CT molecular complexity index is 1110. The monoisotopic (exact) mass is 480 g/mol. The second kappa shape index (κ2) is 11.7. The first-order valence-corrected chi connectivity index (χ1v) is 11.9. The lowest BCUT2D eigenvalue weighted by Crippen LogP contribution is -2.40. The summed E-state index contributed by atoms with van der Waals surface area (Å²) in [5.41, 5.74) is 1.73. The number of pyridine rings is 1. The van der Waals surface area contributed by atoms with E-state index in [2.05, 4.69) is 15.1 Å². The van der Waals surface area contributed by atoms with Gasteiger partial charge in [0, 0.05) is 43.9 Å². The van der Waals surface area contributed by atoms with Crippen LogP contribution in [0.5, 0.6) is 0 Å². The Morgan fingerprint density at radius 3 is 2.54 bits per heavy atom. The van der Waals surface area contributed by atoms with Gasteiger partial charge in [0.1, 0.15) is 5.82 Å². The van der Waals surface area contributed by atoms with Crippen LogP contribution >= 0.6 is 0 Å². The molecule has 184 valence electrons.